The first-order valence-corrected chi connectivity index (χ1v) is 4.58. The van der Waals surface area contributed by atoms with Crippen molar-refractivity contribution in [3.8, 4) is 11.1 Å². The van der Waals surface area contributed by atoms with Gasteiger partial charge < -0.3 is 5.73 Å². The lowest BCUT2D eigenvalue weighted by Gasteiger charge is -2.06. The van der Waals surface area contributed by atoms with Gasteiger partial charge in [-0.25, -0.2) is 13.2 Å². The first-order valence-electron chi connectivity index (χ1n) is 4.58. The van der Waals surface area contributed by atoms with E-state index < -0.39 is 17.5 Å². The van der Waals surface area contributed by atoms with Gasteiger partial charge in [-0.1, -0.05) is 0 Å². The Labute approximate surface area is 90.3 Å². The standard InChI is InChI=1S/C12H8F3N/c13-8-1-2-11(12(16)6-8)7-3-9(14)5-10(15)4-7/h1-6H,16H2. The smallest absolute Gasteiger partial charge is 0.126 e. The third kappa shape index (κ3) is 2.00. The molecule has 2 aromatic rings. The second kappa shape index (κ2) is 3.89. The number of hydrogen-bond donors (Lipinski definition) is 1. The SMILES string of the molecule is Nc1cc(F)ccc1-c1cc(F)cc(F)c1. The van der Waals surface area contributed by atoms with E-state index in [0.717, 1.165) is 24.3 Å². The van der Waals surface area contributed by atoms with Crippen LogP contribution in [0.3, 0.4) is 0 Å². The van der Waals surface area contributed by atoms with Crippen molar-refractivity contribution in [1.82, 2.24) is 0 Å². The van der Waals surface area contributed by atoms with Crippen molar-refractivity contribution in [3.05, 3.63) is 53.8 Å². The molecule has 0 amide bonds. The average Bonchev–Trinajstić information content (AvgIpc) is 2.15. The van der Waals surface area contributed by atoms with E-state index in [2.05, 4.69) is 0 Å². The van der Waals surface area contributed by atoms with Crippen molar-refractivity contribution in [2.75, 3.05) is 5.73 Å². The van der Waals surface area contributed by atoms with Crippen LogP contribution in [0.5, 0.6) is 0 Å². The van der Waals surface area contributed by atoms with Crippen LogP contribution in [0.15, 0.2) is 36.4 Å². The van der Waals surface area contributed by atoms with E-state index in [1.165, 1.54) is 12.1 Å². The first kappa shape index (κ1) is 10.5. The average molecular weight is 223 g/mol. The molecule has 0 radical (unpaired) electrons. The Morgan fingerprint density at radius 1 is 0.750 bits per heavy atom. The number of nitrogens with two attached hydrogens (primary N) is 1. The van der Waals surface area contributed by atoms with Gasteiger partial charge in [-0.2, -0.15) is 0 Å². The predicted molar refractivity (Wildman–Crippen MR) is 56.2 cm³/mol. The highest BCUT2D eigenvalue weighted by molar-refractivity contribution is 5.76. The third-order valence-electron chi connectivity index (χ3n) is 2.19. The predicted octanol–water partition coefficient (Wildman–Crippen LogP) is 3.35. The molecule has 0 saturated heterocycles. The summed E-state index contributed by atoms with van der Waals surface area (Å²) in [5, 5.41) is 0. The zero-order chi connectivity index (χ0) is 11.7. The Balaban J connectivity index is 2.58. The van der Waals surface area contributed by atoms with Gasteiger partial charge in [-0.15, -0.1) is 0 Å². The zero-order valence-corrected chi connectivity index (χ0v) is 8.18. The van der Waals surface area contributed by atoms with Gasteiger partial charge in [0.15, 0.2) is 0 Å². The largest absolute Gasteiger partial charge is 0.398 e. The highest BCUT2D eigenvalue weighted by atomic mass is 19.1. The van der Waals surface area contributed by atoms with Crippen LogP contribution < -0.4 is 5.73 Å². The Morgan fingerprint density at radius 2 is 1.38 bits per heavy atom. The monoisotopic (exact) mass is 223 g/mol. The fraction of sp³-hybridized carbons (Fsp3) is 0. The molecular formula is C12H8F3N. The molecule has 0 aromatic heterocycles. The molecule has 82 valence electrons. The summed E-state index contributed by atoms with van der Waals surface area (Å²) in [7, 11) is 0. The summed E-state index contributed by atoms with van der Waals surface area (Å²) in [6.45, 7) is 0. The third-order valence-corrected chi connectivity index (χ3v) is 2.19. The minimum atomic E-state index is -0.696. The molecule has 0 unspecified atom stereocenters. The van der Waals surface area contributed by atoms with E-state index in [-0.39, 0.29) is 11.3 Å². The van der Waals surface area contributed by atoms with E-state index in [9.17, 15) is 13.2 Å². The van der Waals surface area contributed by atoms with Crippen LogP contribution in [0.1, 0.15) is 0 Å². The van der Waals surface area contributed by atoms with E-state index in [0.29, 0.717) is 5.56 Å². The second-order valence-corrected chi connectivity index (χ2v) is 3.39. The molecule has 0 fully saturated rings. The molecular weight excluding hydrogens is 215 g/mol. The van der Waals surface area contributed by atoms with Gasteiger partial charge in [-0.05, 0) is 35.9 Å². The van der Waals surface area contributed by atoms with Crippen LogP contribution in [0, 0.1) is 17.5 Å². The summed E-state index contributed by atoms with van der Waals surface area (Å²) in [4.78, 5) is 0. The van der Waals surface area contributed by atoms with Crippen LogP contribution >= 0.6 is 0 Å². The molecule has 2 N–H and O–H groups in total. The van der Waals surface area contributed by atoms with Crippen LogP contribution in [-0.4, -0.2) is 0 Å². The van der Waals surface area contributed by atoms with Crippen molar-refractivity contribution in [1.29, 1.82) is 0 Å². The lowest BCUT2D eigenvalue weighted by molar-refractivity contribution is 0.584. The summed E-state index contributed by atoms with van der Waals surface area (Å²) in [5.74, 6) is -1.88. The van der Waals surface area contributed by atoms with Crippen LogP contribution in [0.4, 0.5) is 18.9 Å². The quantitative estimate of drug-likeness (QED) is 0.737. The lowest BCUT2D eigenvalue weighted by Crippen LogP contribution is -1.92. The molecule has 0 aliphatic rings. The molecule has 0 aliphatic heterocycles. The van der Waals surface area contributed by atoms with Gasteiger partial charge in [0.2, 0.25) is 0 Å². The van der Waals surface area contributed by atoms with Crippen molar-refractivity contribution in [3.63, 3.8) is 0 Å². The van der Waals surface area contributed by atoms with Crippen molar-refractivity contribution >= 4 is 5.69 Å². The number of hydrogen-bond acceptors (Lipinski definition) is 1. The molecule has 2 aromatic carbocycles. The fourth-order valence-electron chi connectivity index (χ4n) is 1.51. The Kier molecular flexibility index (Phi) is 2.56. The van der Waals surface area contributed by atoms with Gasteiger partial charge in [0.25, 0.3) is 0 Å². The molecule has 16 heavy (non-hydrogen) atoms. The fourth-order valence-corrected chi connectivity index (χ4v) is 1.51. The molecule has 2 rings (SSSR count). The van der Waals surface area contributed by atoms with Gasteiger partial charge in [0.1, 0.15) is 17.5 Å². The van der Waals surface area contributed by atoms with Crippen molar-refractivity contribution < 1.29 is 13.2 Å². The van der Waals surface area contributed by atoms with Crippen LogP contribution in [0.25, 0.3) is 11.1 Å². The number of benzene rings is 2. The molecule has 4 heteroatoms. The van der Waals surface area contributed by atoms with E-state index in [1.807, 2.05) is 0 Å². The molecule has 0 heterocycles. The number of nitrogen functional groups attached to an aromatic ring is 1. The van der Waals surface area contributed by atoms with Gasteiger partial charge in [0, 0.05) is 17.3 Å². The maximum Gasteiger partial charge on any atom is 0.126 e. The number of halogens is 3. The summed E-state index contributed by atoms with van der Waals surface area (Å²) >= 11 is 0. The minimum Gasteiger partial charge on any atom is -0.398 e. The van der Waals surface area contributed by atoms with Crippen molar-refractivity contribution in [2.24, 2.45) is 0 Å². The number of rotatable bonds is 1. The van der Waals surface area contributed by atoms with Crippen LogP contribution in [0.2, 0.25) is 0 Å². The van der Waals surface area contributed by atoms with Gasteiger partial charge >= 0.3 is 0 Å². The maximum absolute atomic E-state index is 13.0. The Morgan fingerprint density at radius 3 is 1.94 bits per heavy atom. The molecule has 0 spiro atoms. The molecule has 0 bridgehead atoms. The minimum absolute atomic E-state index is 0.144. The highest BCUT2D eigenvalue weighted by Gasteiger charge is 2.07. The van der Waals surface area contributed by atoms with Gasteiger partial charge in [0.05, 0.1) is 0 Å². The second-order valence-electron chi connectivity index (χ2n) is 3.39. The first-order chi connectivity index (χ1) is 7.56. The molecule has 0 atom stereocenters. The number of anilines is 1. The molecule has 0 saturated carbocycles. The maximum atomic E-state index is 13.0. The lowest BCUT2D eigenvalue weighted by atomic mass is 10.0. The topological polar surface area (TPSA) is 26.0 Å². The summed E-state index contributed by atoms with van der Waals surface area (Å²) < 4.78 is 38.7. The van der Waals surface area contributed by atoms with Crippen molar-refractivity contribution in [2.45, 2.75) is 0 Å². The summed E-state index contributed by atoms with van der Waals surface area (Å²) in [6, 6.07) is 6.74. The van der Waals surface area contributed by atoms with E-state index >= 15 is 0 Å². The Bertz CT molecular complexity index is 518. The van der Waals surface area contributed by atoms with Gasteiger partial charge in [-0.3, -0.25) is 0 Å². The van der Waals surface area contributed by atoms with E-state index in [4.69, 9.17) is 5.73 Å². The normalized spacial score (nSPS) is 10.4. The van der Waals surface area contributed by atoms with Crippen LogP contribution in [-0.2, 0) is 0 Å². The summed E-state index contributed by atoms with van der Waals surface area (Å²) in [5.41, 5.74) is 6.40. The highest BCUT2D eigenvalue weighted by Crippen LogP contribution is 2.27. The molecule has 1 nitrogen and oxygen atoms in total. The summed E-state index contributed by atoms with van der Waals surface area (Å²) in [6.07, 6.45) is 0. The molecule has 0 aliphatic carbocycles. The Hall–Kier alpha value is -1.97. The van der Waals surface area contributed by atoms with E-state index in [1.54, 1.807) is 0 Å². The zero-order valence-electron chi connectivity index (χ0n) is 8.18.